The first kappa shape index (κ1) is 15.2. The zero-order chi connectivity index (χ0) is 14.0. The standard InChI is InChI=1S/C14H10Cl3IO/c1-19-9-3-4-10(12(16)7-9)14(17)11-6-8(15)2-5-13(11)18/h2-7,14H,1H3. The Balaban J connectivity index is 2.43. The van der Waals surface area contributed by atoms with Gasteiger partial charge in [0, 0.05) is 13.6 Å². The molecular weight excluding hydrogens is 417 g/mol. The summed E-state index contributed by atoms with van der Waals surface area (Å²) in [6.07, 6.45) is 0. The first-order valence-electron chi connectivity index (χ1n) is 5.45. The van der Waals surface area contributed by atoms with Crippen LogP contribution in [0.25, 0.3) is 0 Å². The summed E-state index contributed by atoms with van der Waals surface area (Å²) in [6, 6.07) is 11.1. The minimum absolute atomic E-state index is 0.344. The fraction of sp³-hybridized carbons (Fsp3) is 0.143. The summed E-state index contributed by atoms with van der Waals surface area (Å²) in [5.74, 6) is 0.707. The molecule has 19 heavy (non-hydrogen) atoms. The molecule has 1 nitrogen and oxygen atoms in total. The Bertz CT molecular complexity index is 601. The Morgan fingerprint density at radius 1 is 1.05 bits per heavy atom. The molecule has 1 unspecified atom stereocenters. The fourth-order valence-electron chi connectivity index (χ4n) is 1.72. The molecule has 0 saturated carbocycles. The number of hydrogen-bond acceptors (Lipinski definition) is 1. The Morgan fingerprint density at radius 2 is 1.79 bits per heavy atom. The lowest BCUT2D eigenvalue weighted by molar-refractivity contribution is 0.414. The molecule has 5 heteroatoms. The van der Waals surface area contributed by atoms with Crippen molar-refractivity contribution in [2.75, 3.05) is 7.11 Å². The summed E-state index contributed by atoms with van der Waals surface area (Å²) in [6.45, 7) is 0. The van der Waals surface area contributed by atoms with E-state index in [1.807, 2.05) is 30.3 Å². The summed E-state index contributed by atoms with van der Waals surface area (Å²) >= 11 is 21.0. The van der Waals surface area contributed by atoms with Gasteiger partial charge in [0.25, 0.3) is 0 Å². The molecule has 0 aliphatic carbocycles. The lowest BCUT2D eigenvalue weighted by atomic mass is 10.0. The highest BCUT2D eigenvalue weighted by Gasteiger charge is 2.17. The number of halogens is 4. The number of methoxy groups -OCH3 is 1. The van der Waals surface area contributed by atoms with Gasteiger partial charge in [-0.1, -0.05) is 29.3 Å². The number of rotatable bonds is 3. The number of benzene rings is 2. The van der Waals surface area contributed by atoms with Crippen molar-refractivity contribution in [3.8, 4) is 5.75 Å². The van der Waals surface area contributed by atoms with Crippen molar-refractivity contribution in [3.63, 3.8) is 0 Å². The molecule has 0 N–H and O–H groups in total. The molecule has 0 aliphatic rings. The zero-order valence-corrected chi connectivity index (χ0v) is 14.4. The maximum Gasteiger partial charge on any atom is 0.120 e. The third kappa shape index (κ3) is 3.48. The van der Waals surface area contributed by atoms with Gasteiger partial charge in [0.15, 0.2) is 0 Å². The van der Waals surface area contributed by atoms with Crippen molar-refractivity contribution in [1.29, 1.82) is 0 Å². The highest BCUT2D eigenvalue weighted by Crippen LogP contribution is 2.38. The molecule has 100 valence electrons. The second-order valence-electron chi connectivity index (χ2n) is 3.92. The maximum absolute atomic E-state index is 6.52. The molecule has 0 spiro atoms. The first-order chi connectivity index (χ1) is 9.02. The van der Waals surface area contributed by atoms with Gasteiger partial charge in [-0.25, -0.2) is 0 Å². The van der Waals surface area contributed by atoms with E-state index in [1.165, 1.54) is 0 Å². The van der Waals surface area contributed by atoms with E-state index >= 15 is 0 Å². The third-order valence-corrected chi connectivity index (χ3v) is 4.73. The van der Waals surface area contributed by atoms with Gasteiger partial charge in [-0.2, -0.15) is 0 Å². The molecule has 0 amide bonds. The van der Waals surface area contributed by atoms with E-state index in [4.69, 9.17) is 39.5 Å². The molecule has 0 radical (unpaired) electrons. The van der Waals surface area contributed by atoms with Crippen LogP contribution in [0.2, 0.25) is 10.0 Å². The molecule has 0 fully saturated rings. The van der Waals surface area contributed by atoms with Crippen LogP contribution in [0, 0.1) is 3.57 Å². The van der Waals surface area contributed by atoms with Crippen molar-refractivity contribution in [1.82, 2.24) is 0 Å². The third-order valence-electron chi connectivity index (χ3n) is 2.71. The lowest BCUT2D eigenvalue weighted by Gasteiger charge is -2.15. The van der Waals surface area contributed by atoms with Gasteiger partial charge >= 0.3 is 0 Å². The predicted octanol–water partition coefficient (Wildman–Crippen LogP) is 5.93. The quantitative estimate of drug-likeness (QED) is 0.435. The topological polar surface area (TPSA) is 9.23 Å². The van der Waals surface area contributed by atoms with Crippen molar-refractivity contribution in [2.24, 2.45) is 0 Å². The summed E-state index contributed by atoms with van der Waals surface area (Å²) in [5.41, 5.74) is 1.78. The van der Waals surface area contributed by atoms with Crippen LogP contribution in [0.3, 0.4) is 0 Å². The van der Waals surface area contributed by atoms with E-state index in [9.17, 15) is 0 Å². The second-order valence-corrected chi connectivity index (χ2v) is 6.36. The van der Waals surface area contributed by atoms with Crippen molar-refractivity contribution in [2.45, 2.75) is 5.38 Å². The van der Waals surface area contributed by atoms with E-state index < -0.39 is 0 Å². The molecule has 0 bridgehead atoms. The second kappa shape index (κ2) is 6.53. The van der Waals surface area contributed by atoms with E-state index in [-0.39, 0.29) is 5.38 Å². The highest BCUT2D eigenvalue weighted by molar-refractivity contribution is 14.1. The molecule has 0 aromatic heterocycles. The molecule has 0 heterocycles. The summed E-state index contributed by atoms with van der Waals surface area (Å²) in [5, 5.41) is 0.893. The van der Waals surface area contributed by atoms with Crippen LogP contribution >= 0.6 is 57.4 Å². The van der Waals surface area contributed by atoms with E-state index in [2.05, 4.69) is 22.6 Å². The Labute approximate surface area is 141 Å². The average Bonchev–Trinajstić information content (AvgIpc) is 2.40. The van der Waals surface area contributed by atoms with Gasteiger partial charge in [-0.05, 0) is 64.0 Å². The molecule has 2 rings (SSSR count). The van der Waals surface area contributed by atoms with Crippen molar-refractivity contribution >= 4 is 57.4 Å². The van der Waals surface area contributed by atoms with Crippen LogP contribution in [-0.4, -0.2) is 7.11 Å². The maximum atomic E-state index is 6.52. The Kier molecular flexibility index (Phi) is 5.23. The molecular formula is C14H10Cl3IO. The van der Waals surface area contributed by atoms with E-state index in [1.54, 1.807) is 13.2 Å². The number of alkyl halides is 1. The van der Waals surface area contributed by atoms with E-state index in [0.29, 0.717) is 15.8 Å². The van der Waals surface area contributed by atoms with Gasteiger partial charge in [0.1, 0.15) is 5.75 Å². The van der Waals surface area contributed by atoms with Gasteiger partial charge < -0.3 is 4.74 Å². The normalized spacial score (nSPS) is 12.3. The van der Waals surface area contributed by atoms with E-state index in [0.717, 1.165) is 14.7 Å². The number of hydrogen-bond donors (Lipinski definition) is 0. The summed E-state index contributed by atoms with van der Waals surface area (Å²) < 4.78 is 6.18. The highest BCUT2D eigenvalue weighted by atomic mass is 127. The largest absolute Gasteiger partial charge is 0.497 e. The summed E-state index contributed by atoms with van der Waals surface area (Å²) in [4.78, 5) is 0. The Hall–Kier alpha value is -0.160. The molecule has 2 aromatic rings. The predicted molar refractivity (Wildman–Crippen MR) is 89.9 cm³/mol. The average molecular weight is 427 g/mol. The van der Waals surface area contributed by atoms with Crippen LogP contribution in [0.4, 0.5) is 0 Å². The van der Waals surface area contributed by atoms with Gasteiger partial charge in [0.2, 0.25) is 0 Å². The first-order valence-corrected chi connectivity index (χ1v) is 7.72. The zero-order valence-electron chi connectivity index (χ0n) is 9.96. The van der Waals surface area contributed by atoms with Crippen LogP contribution in [0.15, 0.2) is 36.4 Å². The van der Waals surface area contributed by atoms with Crippen LogP contribution in [-0.2, 0) is 0 Å². The Morgan fingerprint density at radius 3 is 2.42 bits per heavy atom. The minimum atomic E-state index is -0.344. The van der Waals surface area contributed by atoms with Crippen LogP contribution < -0.4 is 4.74 Å². The smallest absolute Gasteiger partial charge is 0.120 e. The van der Waals surface area contributed by atoms with Crippen LogP contribution in [0.5, 0.6) is 5.75 Å². The van der Waals surface area contributed by atoms with Crippen molar-refractivity contribution in [3.05, 3.63) is 61.1 Å². The van der Waals surface area contributed by atoms with Crippen LogP contribution in [0.1, 0.15) is 16.5 Å². The number of ether oxygens (including phenoxy) is 1. The monoisotopic (exact) mass is 426 g/mol. The molecule has 0 saturated heterocycles. The molecule has 1 atom stereocenters. The summed E-state index contributed by atoms with van der Waals surface area (Å²) in [7, 11) is 1.60. The van der Waals surface area contributed by atoms with Gasteiger partial charge in [-0.3, -0.25) is 0 Å². The lowest BCUT2D eigenvalue weighted by Crippen LogP contribution is -1.98. The molecule has 2 aromatic carbocycles. The van der Waals surface area contributed by atoms with Crippen molar-refractivity contribution < 1.29 is 4.74 Å². The SMILES string of the molecule is COc1ccc(C(Cl)c2cc(Cl)ccc2I)c(Cl)c1. The van der Waals surface area contributed by atoms with Gasteiger partial charge in [0.05, 0.1) is 12.5 Å². The molecule has 0 aliphatic heterocycles. The minimum Gasteiger partial charge on any atom is -0.497 e. The fourth-order valence-corrected chi connectivity index (χ4v) is 3.43. The van der Waals surface area contributed by atoms with Gasteiger partial charge in [-0.15, -0.1) is 11.6 Å².